The summed E-state index contributed by atoms with van der Waals surface area (Å²) in [6.07, 6.45) is -4.04. The molecule has 14 heavy (non-hydrogen) atoms. The first-order valence-corrected chi connectivity index (χ1v) is 4.80. The van der Waals surface area contributed by atoms with Gasteiger partial charge in [-0.2, -0.15) is 0 Å². The van der Waals surface area contributed by atoms with Crippen LogP contribution in [0.2, 0.25) is 0 Å². The zero-order valence-electron chi connectivity index (χ0n) is 8.77. The third-order valence-corrected chi connectivity index (χ3v) is 2.25. The third kappa shape index (κ3) is 2.90. The number of ether oxygens (including phenoxy) is 1. The first-order chi connectivity index (χ1) is 6.31. The molecule has 1 fully saturated rings. The van der Waals surface area contributed by atoms with Crippen molar-refractivity contribution in [1.82, 2.24) is 0 Å². The van der Waals surface area contributed by atoms with Gasteiger partial charge in [0.05, 0.1) is 6.10 Å². The summed E-state index contributed by atoms with van der Waals surface area (Å²) in [6.45, 7) is 6.96. The molecule has 0 bridgehead atoms. The molecule has 1 aliphatic heterocycles. The molecule has 1 aliphatic rings. The molecular weight excluding hydrogens is 187 g/mol. The van der Waals surface area contributed by atoms with E-state index in [2.05, 4.69) is 0 Å². The van der Waals surface area contributed by atoms with Gasteiger partial charge in [-0.25, -0.2) is 4.39 Å². The van der Waals surface area contributed by atoms with Gasteiger partial charge >= 0.3 is 0 Å². The van der Waals surface area contributed by atoms with E-state index in [0.29, 0.717) is 6.42 Å². The maximum absolute atomic E-state index is 12.8. The van der Waals surface area contributed by atoms with Crippen LogP contribution in [0.5, 0.6) is 0 Å². The van der Waals surface area contributed by atoms with Gasteiger partial charge in [0.15, 0.2) is 6.17 Å². The van der Waals surface area contributed by atoms with Gasteiger partial charge in [0.2, 0.25) is 0 Å². The number of aliphatic hydroxyl groups is 2. The fourth-order valence-corrected chi connectivity index (χ4v) is 1.52. The Morgan fingerprint density at radius 3 is 2.36 bits per heavy atom. The third-order valence-electron chi connectivity index (χ3n) is 2.25. The van der Waals surface area contributed by atoms with Crippen molar-refractivity contribution < 1.29 is 19.3 Å². The quantitative estimate of drug-likeness (QED) is 0.672. The van der Waals surface area contributed by atoms with Gasteiger partial charge in [-0.05, 0) is 11.8 Å². The number of alkyl halides is 1. The molecule has 1 rings (SSSR count). The largest absolute Gasteiger partial charge is 0.388 e. The Bertz CT molecular complexity index is 190. The van der Waals surface area contributed by atoms with Crippen molar-refractivity contribution in [3.63, 3.8) is 0 Å². The number of hydrogen-bond acceptors (Lipinski definition) is 3. The summed E-state index contributed by atoms with van der Waals surface area (Å²) in [7, 11) is 0. The summed E-state index contributed by atoms with van der Waals surface area (Å²) >= 11 is 0. The molecule has 0 aromatic carbocycles. The summed E-state index contributed by atoms with van der Waals surface area (Å²) in [5.74, 6) is 0. The molecule has 3 nitrogen and oxygen atoms in total. The Labute approximate surface area is 83.9 Å². The average Bonchev–Trinajstić information content (AvgIpc) is 2.04. The van der Waals surface area contributed by atoms with Crippen LogP contribution < -0.4 is 0 Å². The Morgan fingerprint density at radius 1 is 1.29 bits per heavy atom. The maximum Gasteiger partial charge on any atom is 0.157 e. The van der Waals surface area contributed by atoms with Crippen LogP contribution in [-0.4, -0.2) is 34.7 Å². The monoisotopic (exact) mass is 205 g/mol. The first kappa shape index (κ1) is 11.9. The van der Waals surface area contributed by atoms with Crippen LogP contribution in [-0.2, 0) is 4.74 Å². The standard InChI is InChI=1S/C10H18FO3/c1-10(2,3)4-7-9(13)8(12)6(11)5-14-7/h5-9,12-13H,4H2,1-3H3/t6-,7+,8+,9+/m0/s1. The van der Waals surface area contributed by atoms with Crippen LogP contribution in [0.4, 0.5) is 4.39 Å². The van der Waals surface area contributed by atoms with Gasteiger partial charge in [-0.15, -0.1) is 0 Å². The van der Waals surface area contributed by atoms with Gasteiger partial charge in [0.25, 0.3) is 0 Å². The molecule has 0 spiro atoms. The summed E-state index contributed by atoms with van der Waals surface area (Å²) in [6, 6.07) is 0. The molecule has 4 atom stereocenters. The molecule has 0 aliphatic carbocycles. The fraction of sp³-hybridized carbons (Fsp3) is 0.900. The van der Waals surface area contributed by atoms with E-state index in [4.69, 9.17) is 4.74 Å². The minimum absolute atomic E-state index is 0.0254. The van der Waals surface area contributed by atoms with Gasteiger partial charge in [-0.1, -0.05) is 20.8 Å². The second kappa shape index (κ2) is 4.13. The molecule has 4 heteroatoms. The predicted octanol–water partition coefficient (Wildman–Crippen LogP) is 1.04. The first-order valence-electron chi connectivity index (χ1n) is 4.80. The van der Waals surface area contributed by atoms with Crippen LogP contribution in [0.3, 0.4) is 0 Å². The van der Waals surface area contributed by atoms with E-state index in [1.54, 1.807) is 0 Å². The van der Waals surface area contributed by atoms with E-state index < -0.39 is 24.5 Å². The number of aliphatic hydroxyl groups excluding tert-OH is 2. The highest BCUT2D eigenvalue weighted by Crippen LogP contribution is 2.29. The Balaban J connectivity index is 2.55. The van der Waals surface area contributed by atoms with Gasteiger partial charge in [0.1, 0.15) is 18.8 Å². The van der Waals surface area contributed by atoms with Crippen molar-refractivity contribution in [2.24, 2.45) is 5.41 Å². The highest BCUT2D eigenvalue weighted by atomic mass is 19.1. The molecule has 1 radical (unpaired) electrons. The lowest BCUT2D eigenvalue weighted by Gasteiger charge is -2.36. The summed E-state index contributed by atoms with van der Waals surface area (Å²) in [5, 5.41) is 18.8. The Hall–Kier alpha value is -0.190. The van der Waals surface area contributed by atoms with Crippen molar-refractivity contribution in [2.45, 2.75) is 51.7 Å². The predicted molar refractivity (Wildman–Crippen MR) is 50.2 cm³/mol. The fourth-order valence-electron chi connectivity index (χ4n) is 1.52. The molecule has 0 aromatic heterocycles. The van der Waals surface area contributed by atoms with Gasteiger partial charge in [-0.3, -0.25) is 0 Å². The lowest BCUT2D eigenvalue weighted by Crippen LogP contribution is -2.50. The summed E-state index contributed by atoms with van der Waals surface area (Å²) < 4.78 is 17.9. The summed E-state index contributed by atoms with van der Waals surface area (Å²) in [4.78, 5) is 0. The van der Waals surface area contributed by atoms with Crippen LogP contribution in [0.25, 0.3) is 0 Å². The van der Waals surface area contributed by atoms with E-state index >= 15 is 0 Å². The molecule has 0 aromatic rings. The zero-order valence-corrected chi connectivity index (χ0v) is 8.77. The lowest BCUT2D eigenvalue weighted by atomic mass is 9.85. The van der Waals surface area contributed by atoms with Crippen molar-refractivity contribution in [3.8, 4) is 0 Å². The maximum atomic E-state index is 12.8. The highest BCUT2D eigenvalue weighted by molar-refractivity contribution is 4.93. The van der Waals surface area contributed by atoms with Gasteiger partial charge < -0.3 is 14.9 Å². The number of hydrogen-bond donors (Lipinski definition) is 2. The minimum atomic E-state index is -1.60. The Morgan fingerprint density at radius 2 is 1.86 bits per heavy atom. The summed E-state index contributed by atoms with van der Waals surface area (Å²) in [5.41, 5.74) is -0.0254. The zero-order chi connectivity index (χ0) is 10.9. The van der Waals surface area contributed by atoms with Crippen molar-refractivity contribution in [1.29, 1.82) is 0 Å². The second-order valence-electron chi connectivity index (χ2n) is 5.00. The molecular formula is C10H18FO3. The average molecular weight is 205 g/mol. The minimum Gasteiger partial charge on any atom is -0.388 e. The van der Waals surface area contributed by atoms with Crippen LogP contribution in [0.15, 0.2) is 0 Å². The van der Waals surface area contributed by atoms with E-state index in [9.17, 15) is 14.6 Å². The molecule has 0 saturated carbocycles. The molecule has 1 heterocycles. The van der Waals surface area contributed by atoms with E-state index in [-0.39, 0.29) is 5.41 Å². The van der Waals surface area contributed by atoms with E-state index in [1.165, 1.54) is 0 Å². The van der Waals surface area contributed by atoms with Gasteiger partial charge in [0, 0.05) is 0 Å². The van der Waals surface area contributed by atoms with Crippen LogP contribution in [0.1, 0.15) is 27.2 Å². The Kier molecular flexibility index (Phi) is 3.50. The molecule has 2 N–H and O–H groups in total. The molecule has 1 saturated heterocycles. The van der Waals surface area contributed by atoms with Crippen molar-refractivity contribution in [3.05, 3.63) is 6.61 Å². The van der Waals surface area contributed by atoms with Crippen LogP contribution >= 0.6 is 0 Å². The van der Waals surface area contributed by atoms with Crippen molar-refractivity contribution >= 4 is 0 Å². The number of halogens is 1. The second-order valence-corrected chi connectivity index (χ2v) is 5.00. The smallest absolute Gasteiger partial charge is 0.157 e. The molecule has 0 unspecified atom stereocenters. The van der Waals surface area contributed by atoms with Crippen molar-refractivity contribution in [2.75, 3.05) is 0 Å². The van der Waals surface area contributed by atoms with Crippen LogP contribution in [0, 0.1) is 12.0 Å². The molecule has 0 amide bonds. The SMILES string of the molecule is CC(C)(C)C[C@H]1O[CH][C@H](F)[C@@H](O)[C@@H]1O. The normalized spacial score (nSPS) is 39.9. The highest BCUT2D eigenvalue weighted by Gasteiger charge is 2.40. The molecule has 83 valence electrons. The van der Waals surface area contributed by atoms with E-state index in [1.807, 2.05) is 20.8 Å². The van der Waals surface area contributed by atoms with E-state index in [0.717, 1.165) is 6.61 Å². The topological polar surface area (TPSA) is 49.7 Å². The number of rotatable bonds is 1. The lowest BCUT2D eigenvalue weighted by molar-refractivity contribution is -0.150.